The highest BCUT2D eigenvalue weighted by molar-refractivity contribution is 5.86. The maximum Gasteiger partial charge on any atom is 0.416 e. The number of methoxy groups -OCH3 is 1. The monoisotopic (exact) mass is 518 g/mol. The average Bonchev–Trinajstić information content (AvgIpc) is 3.37. The number of carbonyl (C=O) groups excluding carboxylic acids is 1. The molecule has 7 heteroatoms. The molecule has 2 aromatic carbocycles. The van der Waals surface area contributed by atoms with Crippen molar-refractivity contribution in [2.45, 2.75) is 58.0 Å². The zero-order valence-corrected chi connectivity index (χ0v) is 22.8. The Balaban J connectivity index is 1.70. The van der Waals surface area contributed by atoms with Gasteiger partial charge in [-0.25, -0.2) is 9.78 Å². The highest BCUT2D eigenvalue weighted by Gasteiger charge is 2.39. The summed E-state index contributed by atoms with van der Waals surface area (Å²) < 4.78 is 23.4. The van der Waals surface area contributed by atoms with Crippen LogP contribution < -0.4 is 4.90 Å². The molecule has 1 amide bonds. The van der Waals surface area contributed by atoms with Gasteiger partial charge in [0.05, 0.1) is 38.7 Å². The number of hydrogen-bond donors (Lipinski definition) is 0. The number of ether oxygens (including phenoxy) is 4. The smallest absolute Gasteiger partial charge is 0.416 e. The number of rotatable bonds is 10. The third kappa shape index (κ3) is 7.19. The summed E-state index contributed by atoms with van der Waals surface area (Å²) in [6.07, 6.45) is 0.376. The van der Waals surface area contributed by atoms with Gasteiger partial charge in [0.1, 0.15) is 11.4 Å². The van der Waals surface area contributed by atoms with Gasteiger partial charge in [-0.2, -0.15) is 0 Å². The Hall–Kier alpha value is -3.26. The van der Waals surface area contributed by atoms with E-state index in [4.69, 9.17) is 23.9 Å². The molecule has 1 fully saturated rings. The quantitative estimate of drug-likeness (QED) is 0.326. The Morgan fingerprint density at radius 1 is 0.974 bits per heavy atom. The number of nitrogens with zero attached hydrogens (tertiary/aromatic N) is 2. The summed E-state index contributed by atoms with van der Waals surface area (Å²) in [6, 6.07) is 23.8. The summed E-state index contributed by atoms with van der Waals surface area (Å²) in [5, 5.41) is 0. The third-order valence-corrected chi connectivity index (χ3v) is 6.48. The molecule has 202 valence electrons. The van der Waals surface area contributed by atoms with Crippen molar-refractivity contribution in [3.8, 4) is 0 Å². The van der Waals surface area contributed by atoms with Gasteiger partial charge in [0, 0.05) is 19.1 Å². The molecule has 1 aromatic heterocycles. The average molecular weight is 519 g/mol. The molecule has 1 saturated heterocycles. The van der Waals surface area contributed by atoms with E-state index < -0.39 is 11.7 Å². The fraction of sp³-hybridized carbons (Fsp3) is 0.419. The minimum absolute atomic E-state index is 0.289. The van der Waals surface area contributed by atoms with Crippen LogP contribution in [0.4, 0.5) is 10.6 Å². The first-order valence-electron chi connectivity index (χ1n) is 13.0. The molecule has 38 heavy (non-hydrogen) atoms. The molecule has 1 unspecified atom stereocenters. The van der Waals surface area contributed by atoms with E-state index in [1.807, 2.05) is 93.6 Å². The first-order chi connectivity index (χ1) is 18.3. The normalized spacial score (nSPS) is 17.4. The largest absolute Gasteiger partial charge is 0.443 e. The topological polar surface area (TPSA) is 70.1 Å². The lowest BCUT2D eigenvalue weighted by molar-refractivity contribution is 0.0575. The van der Waals surface area contributed by atoms with Crippen molar-refractivity contribution < 1.29 is 23.7 Å². The molecule has 0 bridgehead atoms. The summed E-state index contributed by atoms with van der Waals surface area (Å²) in [4.78, 5) is 20.0. The molecule has 2 heterocycles. The highest BCUT2D eigenvalue weighted by atomic mass is 16.6. The molecule has 0 spiro atoms. The fourth-order valence-corrected chi connectivity index (χ4v) is 4.68. The number of anilines is 1. The maximum absolute atomic E-state index is 13.4. The minimum atomic E-state index is -0.642. The van der Waals surface area contributed by atoms with Gasteiger partial charge < -0.3 is 18.9 Å². The molecule has 0 aliphatic carbocycles. The predicted molar refractivity (Wildman–Crippen MR) is 147 cm³/mol. The lowest BCUT2D eigenvalue weighted by Crippen LogP contribution is -2.38. The zero-order chi connectivity index (χ0) is 27.0. The Morgan fingerprint density at radius 2 is 1.66 bits per heavy atom. The van der Waals surface area contributed by atoms with E-state index in [-0.39, 0.29) is 12.0 Å². The second-order valence-electron chi connectivity index (χ2n) is 10.7. The van der Waals surface area contributed by atoms with Crippen molar-refractivity contribution in [1.29, 1.82) is 0 Å². The summed E-state index contributed by atoms with van der Waals surface area (Å²) in [6.45, 7) is 8.38. The van der Waals surface area contributed by atoms with Gasteiger partial charge in [-0.1, -0.05) is 66.7 Å². The molecule has 0 N–H and O–H groups in total. The minimum Gasteiger partial charge on any atom is -0.443 e. The number of amides is 1. The van der Waals surface area contributed by atoms with Gasteiger partial charge in [-0.05, 0) is 49.9 Å². The van der Waals surface area contributed by atoms with Crippen LogP contribution in [0, 0.1) is 0 Å². The van der Waals surface area contributed by atoms with Crippen LogP contribution in [0.5, 0.6) is 0 Å². The third-order valence-electron chi connectivity index (χ3n) is 6.48. The second-order valence-corrected chi connectivity index (χ2v) is 10.7. The van der Waals surface area contributed by atoms with Crippen molar-refractivity contribution in [2.75, 3.05) is 31.8 Å². The van der Waals surface area contributed by atoms with Crippen molar-refractivity contribution in [3.63, 3.8) is 0 Å². The summed E-state index contributed by atoms with van der Waals surface area (Å²) in [5.74, 6) is 0.511. The molecule has 1 aliphatic heterocycles. The summed E-state index contributed by atoms with van der Waals surface area (Å²) in [7, 11) is 1.71. The fourth-order valence-electron chi connectivity index (χ4n) is 4.68. The van der Waals surface area contributed by atoms with E-state index in [1.165, 1.54) is 0 Å². The van der Waals surface area contributed by atoms with E-state index in [2.05, 4.69) is 0 Å². The van der Waals surface area contributed by atoms with Crippen LogP contribution in [0.3, 0.4) is 0 Å². The van der Waals surface area contributed by atoms with E-state index in [1.54, 1.807) is 12.0 Å². The van der Waals surface area contributed by atoms with Gasteiger partial charge in [0.15, 0.2) is 0 Å². The molecule has 0 saturated carbocycles. The number of benzene rings is 2. The van der Waals surface area contributed by atoms with E-state index >= 15 is 0 Å². The van der Waals surface area contributed by atoms with Gasteiger partial charge in [0.25, 0.3) is 0 Å². The van der Waals surface area contributed by atoms with Gasteiger partial charge >= 0.3 is 6.09 Å². The molecule has 3 aromatic rings. The standard InChI is InChI=1S/C31H38N2O5/c1-30(2,3)38-29(34)33(19-24-11-7-5-8-12-24)28-16-15-26(31(22-35-4)17-18-36-23-31)27(32-28)21-37-20-25-13-9-6-10-14-25/h5-16H,17-23H2,1-4H3. The maximum atomic E-state index is 13.4. The Labute approximate surface area is 225 Å². The van der Waals surface area contributed by atoms with E-state index in [9.17, 15) is 4.79 Å². The van der Waals surface area contributed by atoms with Gasteiger partial charge in [-0.15, -0.1) is 0 Å². The van der Waals surface area contributed by atoms with Crippen LogP contribution in [-0.4, -0.2) is 43.6 Å². The number of carbonyl (C=O) groups is 1. The van der Waals surface area contributed by atoms with Crippen LogP contribution in [0.2, 0.25) is 0 Å². The van der Waals surface area contributed by atoms with Crippen molar-refractivity contribution in [2.24, 2.45) is 0 Å². The SMILES string of the molecule is COCC1(c2ccc(N(Cc3ccccc3)C(=O)OC(C)(C)C)nc2COCc2ccccc2)CCOC1. The van der Waals surface area contributed by atoms with Crippen LogP contribution in [0.25, 0.3) is 0 Å². The Morgan fingerprint density at radius 3 is 2.26 bits per heavy atom. The first-order valence-corrected chi connectivity index (χ1v) is 13.0. The lowest BCUT2D eigenvalue weighted by atomic mass is 9.79. The Bertz CT molecular complexity index is 1170. The molecule has 1 aliphatic rings. The molecular weight excluding hydrogens is 480 g/mol. The van der Waals surface area contributed by atoms with Gasteiger partial charge in [0.2, 0.25) is 0 Å². The van der Waals surface area contributed by atoms with Gasteiger partial charge in [-0.3, -0.25) is 4.90 Å². The second kappa shape index (κ2) is 12.5. The van der Waals surface area contributed by atoms with Crippen molar-refractivity contribution in [3.05, 3.63) is 95.2 Å². The van der Waals surface area contributed by atoms with Crippen molar-refractivity contribution >= 4 is 11.9 Å². The van der Waals surface area contributed by atoms with E-state index in [0.29, 0.717) is 38.8 Å². The zero-order valence-electron chi connectivity index (χ0n) is 22.8. The lowest BCUT2D eigenvalue weighted by Gasteiger charge is -2.31. The molecule has 1 atom stereocenters. The summed E-state index contributed by atoms with van der Waals surface area (Å²) in [5.41, 5.74) is 2.89. The van der Waals surface area contributed by atoms with Crippen LogP contribution in [0.15, 0.2) is 72.8 Å². The number of pyridine rings is 1. The van der Waals surface area contributed by atoms with E-state index in [0.717, 1.165) is 28.8 Å². The first kappa shape index (κ1) is 27.8. The number of hydrogen-bond acceptors (Lipinski definition) is 6. The number of aromatic nitrogens is 1. The summed E-state index contributed by atoms with van der Waals surface area (Å²) >= 11 is 0. The molecule has 4 rings (SSSR count). The molecule has 0 radical (unpaired) electrons. The highest BCUT2D eigenvalue weighted by Crippen LogP contribution is 2.37. The van der Waals surface area contributed by atoms with Crippen LogP contribution in [0.1, 0.15) is 49.6 Å². The predicted octanol–water partition coefficient (Wildman–Crippen LogP) is 6.04. The Kier molecular flexibility index (Phi) is 9.15. The molecular formula is C31H38N2O5. The van der Waals surface area contributed by atoms with Crippen molar-refractivity contribution in [1.82, 2.24) is 4.98 Å². The van der Waals surface area contributed by atoms with Crippen LogP contribution >= 0.6 is 0 Å². The molecule has 7 nitrogen and oxygen atoms in total. The van der Waals surface area contributed by atoms with Crippen LogP contribution in [-0.2, 0) is 44.1 Å².